The highest BCUT2D eigenvalue weighted by Gasteiger charge is 2.36. The molecule has 0 heterocycles. The third-order valence-corrected chi connectivity index (χ3v) is 8.83. The van der Waals surface area contributed by atoms with Crippen LogP contribution in [0.4, 0.5) is 0 Å². The Morgan fingerprint density at radius 2 is 1.30 bits per heavy atom. The molecule has 0 saturated carbocycles. The Kier molecular flexibility index (Phi) is 6.69. The molecule has 5 aromatic carbocycles. The predicted octanol–water partition coefficient (Wildman–Crippen LogP) is 8.66. The topological polar surface area (TPSA) is 29.5 Å². The van der Waals surface area contributed by atoms with Crippen LogP contribution in [0.1, 0.15) is 58.1 Å². The minimum atomic E-state index is -0.998. The Balaban J connectivity index is 1.63. The van der Waals surface area contributed by atoms with Crippen LogP contribution >= 0.6 is 0 Å². The van der Waals surface area contributed by atoms with Crippen molar-refractivity contribution in [3.63, 3.8) is 0 Å². The maximum Gasteiger partial charge on any atom is 0.332 e. The van der Waals surface area contributed by atoms with Crippen LogP contribution < -0.4 is 5.46 Å². The van der Waals surface area contributed by atoms with E-state index in [0.29, 0.717) is 5.92 Å². The first-order valence-corrected chi connectivity index (χ1v) is 14.2. The molecule has 1 atom stereocenters. The standard InChI is InChI=1S/C37H36BO2/c1-24-14-13-21-32-33(24)34(29-19-11-12-20-31(29)35(32)38-40-37(4,5)36(2,3)39)30-23-22-26(25-15-7-6-8-16-25)27-17-9-10-18-28(27)30/h6-13,15-24,39H,14H2,1-5H3. The van der Waals surface area contributed by atoms with Crippen molar-refractivity contribution >= 4 is 40.6 Å². The number of allylic oxidation sites excluding steroid dienone is 1. The number of fused-ring (bicyclic) bond motifs is 3. The molecular weight excluding hydrogens is 487 g/mol. The van der Waals surface area contributed by atoms with Crippen LogP contribution in [0.25, 0.3) is 49.9 Å². The van der Waals surface area contributed by atoms with Gasteiger partial charge in [0.05, 0.1) is 11.2 Å². The lowest BCUT2D eigenvalue weighted by molar-refractivity contribution is -0.0893. The first-order valence-electron chi connectivity index (χ1n) is 14.2. The van der Waals surface area contributed by atoms with Gasteiger partial charge in [0.25, 0.3) is 0 Å². The molecule has 1 aliphatic carbocycles. The van der Waals surface area contributed by atoms with Crippen molar-refractivity contribution in [1.82, 2.24) is 0 Å². The largest absolute Gasteiger partial charge is 0.427 e. The molecule has 5 aromatic rings. The smallest absolute Gasteiger partial charge is 0.332 e. The summed E-state index contributed by atoms with van der Waals surface area (Å²) in [6.07, 6.45) is 5.53. The highest BCUT2D eigenvalue weighted by Crippen LogP contribution is 2.45. The Hall–Kier alpha value is -3.66. The zero-order valence-electron chi connectivity index (χ0n) is 24.0. The molecule has 0 bridgehead atoms. The van der Waals surface area contributed by atoms with Gasteiger partial charge in [0.1, 0.15) is 0 Å². The highest BCUT2D eigenvalue weighted by molar-refractivity contribution is 6.53. The van der Waals surface area contributed by atoms with E-state index in [4.69, 9.17) is 4.65 Å². The summed E-state index contributed by atoms with van der Waals surface area (Å²) in [6, 6.07) is 32.7. The molecule has 3 heteroatoms. The molecule has 1 radical (unpaired) electrons. The minimum Gasteiger partial charge on any atom is -0.427 e. The lowest BCUT2D eigenvalue weighted by Gasteiger charge is -2.38. The SMILES string of the molecule is CC1CC=Cc2c1c(-c1ccc(-c3ccccc3)c3ccccc13)c1ccccc1c2[B]OC(C)(C)C(C)(C)O. The van der Waals surface area contributed by atoms with E-state index < -0.39 is 11.2 Å². The summed E-state index contributed by atoms with van der Waals surface area (Å²) in [5.41, 5.74) is 6.91. The van der Waals surface area contributed by atoms with Gasteiger partial charge in [-0.05, 0) is 100 Å². The zero-order chi connectivity index (χ0) is 28.1. The van der Waals surface area contributed by atoms with Crippen LogP contribution in [0.15, 0.2) is 97.1 Å². The van der Waals surface area contributed by atoms with Gasteiger partial charge in [-0.2, -0.15) is 0 Å². The minimum absolute atomic E-state index is 0.349. The molecule has 40 heavy (non-hydrogen) atoms. The second-order valence-electron chi connectivity index (χ2n) is 12.1. The molecule has 0 aliphatic heterocycles. The fourth-order valence-corrected chi connectivity index (χ4v) is 5.86. The van der Waals surface area contributed by atoms with Gasteiger partial charge in [0, 0.05) is 0 Å². The molecule has 1 aliphatic rings. The van der Waals surface area contributed by atoms with Gasteiger partial charge in [0.15, 0.2) is 0 Å². The van der Waals surface area contributed by atoms with Crippen LogP contribution in [0, 0.1) is 0 Å². The van der Waals surface area contributed by atoms with Crippen molar-refractivity contribution in [3.05, 3.63) is 108 Å². The molecular formula is C37H36BO2. The van der Waals surface area contributed by atoms with Crippen LogP contribution in [-0.2, 0) is 4.65 Å². The van der Waals surface area contributed by atoms with E-state index in [9.17, 15) is 5.11 Å². The Labute approximate surface area is 238 Å². The van der Waals surface area contributed by atoms with Gasteiger partial charge in [-0.3, -0.25) is 0 Å². The first-order chi connectivity index (χ1) is 19.2. The third-order valence-electron chi connectivity index (χ3n) is 8.83. The summed E-state index contributed by atoms with van der Waals surface area (Å²) in [6.45, 7) is 9.79. The molecule has 2 nitrogen and oxygen atoms in total. The summed E-state index contributed by atoms with van der Waals surface area (Å²) in [5.74, 6) is 0.349. The van der Waals surface area contributed by atoms with Crippen molar-refractivity contribution < 1.29 is 9.76 Å². The fraction of sp³-hybridized carbons (Fsp3) is 0.243. The second-order valence-corrected chi connectivity index (χ2v) is 12.1. The molecule has 0 amide bonds. The predicted molar refractivity (Wildman–Crippen MR) is 171 cm³/mol. The quantitative estimate of drug-likeness (QED) is 0.226. The maximum absolute atomic E-state index is 10.8. The van der Waals surface area contributed by atoms with Crippen molar-refractivity contribution in [2.75, 3.05) is 0 Å². The van der Waals surface area contributed by atoms with E-state index in [1.54, 1.807) is 13.8 Å². The average molecular weight is 524 g/mol. The fourth-order valence-electron chi connectivity index (χ4n) is 5.86. The van der Waals surface area contributed by atoms with E-state index in [1.165, 1.54) is 49.5 Å². The average Bonchev–Trinajstić information content (AvgIpc) is 2.95. The molecule has 0 fully saturated rings. The Bertz CT molecular complexity index is 1740. The van der Waals surface area contributed by atoms with E-state index in [2.05, 4.69) is 110 Å². The summed E-state index contributed by atoms with van der Waals surface area (Å²) in [5, 5.41) is 15.6. The molecule has 1 unspecified atom stereocenters. The van der Waals surface area contributed by atoms with E-state index in [-0.39, 0.29) is 0 Å². The molecule has 0 saturated heterocycles. The van der Waals surface area contributed by atoms with Crippen molar-refractivity contribution in [1.29, 1.82) is 0 Å². The van der Waals surface area contributed by atoms with Gasteiger partial charge >= 0.3 is 7.48 Å². The van der Waals surface area contributed by atoms with Crippen LogP contribution in [0.5, 0.6) is 0 Å². The van der Waals surface area contributed by atoms with Crippen molar-refractivity contribution in [3.8, 4) is 22.3 Å². The molecule has 199 valence electrons. The first kappa shape index (κ1) is 26.6. The maximum atomic E-state index is 10.8. The summed E-state index contributed by atoms with van der Waals surface area (Å²) in [4.78, 5) is 0. The second kappa shape index (κ2) is 10.1. The summed E-state index contributed by atoms with van der Waals surface area (Å²) >= 11 is 0. The Morgan fingerprint density at radius 1 is 0.725 bits per heavy atom. The van der Waals surface area contributed by atoms with E-state index >= 15 is 0 Å². The van der Waals surface area contributed by atoms with Gasteiger partial charge in [0.2, 0.25) is 0 Å². The van der Waals surface area contributed by atoms with Gasteiger partial charge in [-0.15, -0.1) is 0 Å². The van der Waals surface area contributed by atoms with E-state index in [0.717, 1.165) is 17.3 Å². The summed E-state index contributed by atoms with van der Waals surface area (Å²) < 4.78 is 6.36. The number of rotatable bonds is 6. The monoisotopic (exact) mass is 523 g/mol. The van der Waals surface area contributed by atoms with Gasteiger partial charge < -0.3 is 9.76 Å². The molecule has 6 rings (SSSR count). The van der Waals surface area contributed by atoms with Crippen LogP contribution in [0.3, 0.4) is 0 Å². The van der Waals surface area contributed by atoms with Crippen LogP contribution in [0.2, 0.25) is 0 Å². The number of hydrogen-bond acceptors (Lipinski definition) is 2. The zero-order valence-corrected chi connectivity index (χ0v) is 24.0. The molecule has 0 spiro atoms. The number of benzene rings is 5. The number of aliphatic hydroxyl groups is 1. The van der Waals surface area contributed by atoms with Gasteiger partial charge in [-0.25, -0.2) is 0 Å². The lowest BCUT2D eigenvalue weighted by atomic mass is 9.70. The van der Waals surface area contributed by atoms with Crippen molar-refractivity contribution in [2.24, 2.45) is 0 Å². The van der Waals surface area contributed by atoms with Crippen molar-refractivity contribution in [2.45, 2.75) is 58.2 Å². The highest BCUT2D eigenvalue weighted by atomic mass is 16.5. The van der Waals surface area contributed by atoms with E-state index in [1.807, 2.05) is 21.3 Å². The van der Waals surface area contributed by atoms with Crippen LogP contribution in [-0.4, -0.2) is 23.8 Å². The normalized spacial score (nSPS) is 15.4. The Morgan fingerprint density at radius 3 is 1.98 bits per heavy atom. The lowest BCUT2D eigenvalue weighted by Crippen LogP contribution is -2.49. The molecule has 1 N–H and O–H groups in total. The third kappa shape index (κ3) is 4.48. The molecule has 0 aromatic heterocycles. The number of hydrogen-bond donors (Lipinski definition) is 1. The summed E-state index contributed by atoms with van der Waals surface area (Å²) in [7, 11) is 1.88. The van der Waals surface area contributed by atoms with Gasteiger partial charge in [-0.1, -0.05) is 110 Å².